The molecule has 0 radical (unpaired) electrons. The molecule has 0 aromatic carbocycles. The van der Waals surface area contributed by atoms with Crippen molar-refractivity contribution >= 4 is 29.2 Å². The van der Waals surface area contributed by atoms with Crippen LogP contribution in [-0.2, 0) is 9.53 Å². The Labute approximate surface area is 115 Å². The highest BCUT2D eigenvalue weighted by molar-refractivity contribution is 6.48. The van der Waals surface area contributed by atoms with Gasteiger partial charge in [0.05, 0.1) is 7.11 Å². The molecule has 0 unspecified atom stereocenters. The maximum atomic E-state index is 10.9. The minimum absolute atomic E-state index is 0.197. The van der Waals surface area contributed by atoms with Gasteiger partial charge < -0.3 is 4.74 Å². The van der Waals surface area contributed by atoms with Crippen LogP contribution in [0.4, 0.5) is 0 Å². The van der Waals surface area contributed by atoms with E-state index in [1.54, 1.807) is 0 Å². The molecule has 0 aromatic rings. The van der Waals surface area contributed by atoms with Crippen molar-refractivity contribution in [3.63, 3.8) is 0 Å². The summed E-state index contributed by atoms with van der Waals surface area (Å²) in [5.74, 6) is -0.197. The quantitative estimate of drug-likeness (QED) is 0.325. The number of rotatable bonds is 10. The number of halogens is 2. The van der Waals surface area contributed by atoms with Gasteiger partial charge in [0.2, 0.25) is 0 Å². The molecular formula is C13H24Cl2O2. The van der Waals surface area contributed by atoms with Gasteiger partial charge in [-0.1, -0.05) is 39.0 Å². The smallest absolute Gasteiger partial charge is 0.305 e. The fourth-order valence-corrected chi connectivity index (χ4v) is 2.24. The van der Waals surface area contributed by atoms with E-state index in [2.05, 4.69) is 11.7 Å². The summed E-state index contributed by atoms with van der Waals surface area (Å²) >= 11 is 12.4. The molecule has 0 aromatic heterocycles. The van der Waals surface area contributed by atoms with Crippen LogP contribution < -0.4 is 0 Å². The normalized spacial score (nSPS) is 11.5. The van der Waals surface area contributed by atoms with Gasteiger partial charge in [0, 0.05) is 6.42 Å². The zero-order valence-electron chi connectivity index (χ0n) is 10.9. The molecule has 0 saturated carbocycles. The SMILES string of the molecule is CCCCCCCC(Cl)(Cl)CCCC(=O)OC. The van der Waals surface area contributed by atoms with Crippen LogP contribution in [0.3, 0.4) is 0 Å². The Morgan fingerprint density at radius 2 is 1.65 bits per heavy atom. The Morgan fingerprint density at radius 1 is 1.06 bits per heavy atom. The molecule has 0 heterocycles. The van der Waals surface area contributed by atoms with Crippen molar-refractivity contribution in [2.45, 2.75) is 69.0 Å². The highest BCUT2D eigenvalue weighted by Crippen LogP contribution is 2.33. The molecule has 0 atom stereocenters. The lowest BCUT2D eigenvalue weighted by Gasteiger charge is -2.18. The zero-order chi connectivity index (χ0) is 13.1. The van der Waals surface area contributed by atoms with Crippen molar-refractivity contribution in [2.24, 2.45) is 0 Å². The van der Waals surface area contributed by atoms with Gasteiger partial charge in [-0.05, 0) is 19.3 Å². The first-order chi connectivity index (χ1) is 8.02. The number of hydrogen-bond acceptors (Lipinski definition) is 2. The minimum Gasteiger partial charge on any atom is -0.469 e. The second-order valence-electron chi connectivity index (χ2n) is 4.45. The monoisotopic (exact) mass is 282 g/mol. The molecule has 0 aliphatic rings. The Kier molecular flexibility index (Phi) is 10.0. The molecule has 0 fully saturated rings. The molecule has 102 valence electrons. The van der Waals surface area contributed by atoms with E-state index in [1.807, 2.05) is 0 Å². The van der Waals surface area contributed by atoms with E-state index in [9.17, 15) is 4.79 Å². The first kappa shape index (κ1) is 17.1. The topological polar surface area (TPSA) is 26.3 Å². The van der Waals surface area contributed by atoms with Gasteiger partial charge in [0.25, 0.3) is 0 Å². The van der Waals surface area contributed by atoms with Crippen LogP contribution in [0.25, 0.3) is 0 Å². The maximum Gasteiger partial charge on any atom is 0.305 e. The lowest BCUT2D eigenvalue weighted by molar-refractivity contribution is -0.140. The molecule has 0 amide bonds. The van der Waals surface area contributed by atoms with Crippen molar-refractivity contribution < 1.29 is 9.53 Å². The van der Waals surface area contributed by atoms with Crippen LogP contribution in [0, 0.1) is 0 Å². The maximum absolute atomic E-state index is 10.9. The van der Waals surface area contributed by atoms with Gasteiger partial charge in [0.1, 0.15) is 4.33 Å². The molecule has 0 rings (SSSR count). The van der Waals surface area contributed by atoms with Gasteiger partial charge in [-0.25, -0.2) is 0 Å². The summed E-state index contributed by atoms with van der Waals surface area (Å²) in [6.45, 7) is 2.19. The first-order valence-electron chi connectivity index (χ1n) is 6.46. The van der Waals surface area contributed by atoms with Gasteiger partial charge in [-0.3, -0.25) is 4.79 Å². The van der Waals surface area contributed by atoms with Crippen LogP contribution >= 0.6 is 23.2 Å². The third-order valence-electron chi connectivity index (χ3n) is 2.80. The van der Waals surface area contributed by atoms with Crippen LogP contribution in [0.15, 0.2) is 0 Å². The van der Waals surface area contributed by atoms with Gasteiger partial charge in [-0.15, -0.1) is 23.2 Å². The summed E-state index contributed by atoms with van der Waals surface area (Å²) in [5, 5.41) is 0. The summed E-state index contributed by atoms with van der Waals surface area (Å²) in [4.78, 5) is 10.9. The highest BCUT2D eigenvalue weighted by atomic mass is 35.5. The first-order valence-corrected chi connectivity index (χ1v) is 7.22. The Hall–Kier alpha value is 0.0500. The average Bonchev–Trinajstić information content (AvgIpc) is 2.28. The summed E-state index contributed by atoms with van der Waals surface area (Å²) in [6, 6.07) is 0. The molecular weight excluding hydrogens is 259 g/mol. The fourth-order valence-electron chi connectivity index (χ4n) is 1.71. The number of carbonyl (C=O) groups is 1. The van der Waals surface area contributed by atoms with Crippen molar-refractivity contribution in [1.82, 2.24) is 0 Å². The van der Waals surface area contributed by atoms with E-state index < -0.39 is 4.33 Å². The molecule has 2 nitrogen and oxygen atoms in total. The van der Waals surface area contributed by atoms with Crippen molar-refractivity contribution in [1.29, 1.82) is 0 Å². The van der Waals surface area contributed by atoms with Crippen molar-refractivity contribution in [2.75, 3.05) is 7.11 Å². The van der Waals surface area contributed by atoms with Gasteiger partial charge in [0.15, 0.2) is 0 Å². The number of unbranched alkanes of at least 4 members (excludes halogenated alkanes) is 4. The molecule has 0 saturated heterocycles. The second kappa shape index (κ2) is 10.0. The zero-order valence-corrected chi connectivity index (χ0v) is 12.4. The second-order valence-corrected chi connectivity index (χ2v) is 6.09. The van der Waals surface area contributed by atoms with E-state index >= 15 is 0 Å². The molecule has 0 N–H and O–H groups in total. The average molecular weight is 283 g/mol. The largest absolute Gasteiger partial charge is 0.469 e. The summed E-state index contributed by atoms with van der Waals surface area (Å²) in [7, 11) is 1.39. The number of ether oxygens (including phenoxy) is 1. The summed E-state index contributed by atoms with van der Waals surface area (Å²) in [6.07, 6.45) is 8.56. The Bertz CT molecular complexity index is 206. The lowest BCUT2D eigenvalue weighted by Crippen LogP contribution is -2.13. The molecule has 0 spiro atoms. The summed E-state index contributed by atoms with van der Waals surface area (Å²) in [5.41, 5.74) is 0. The van der Waals surface area contributed by atoms with Gasteiger partial charge in [-0.2, -0.15) is 0 Å². The third-order valence-corrected chi connectivity index (χ3v) is 3.55. The molecule has 17 heavy (non-hydrogen) atoms. The molecule has 0 bridgehead atoms. The minimum atomic E-state index is -0.680. The van der Waals surface area contributed by atoms with E-state index in [4.69, 9.17) is 23.2 Å². The predicted molar refractivity (Wildman–Crippen MR) is 73.7 cm³/mol. The van der Waals surface area contributed by atoms with Crippen molar-refractivity contribution in [3.05, 3.63) is 0 Å². The Morgan fingerprint density at radius 3 is 2.24 bits per heavy atom. The van der Waals surface area contributed by atoms with Crippen LogP contribution in [0.1, 0.15) is 64.7 Å². The molecule has 4 heteroatoms. The fraction of sp³-hybridized carbons (Fsp3) is 0.923. The lowest BCUT2D eigenvalue weighted by atomic mass is 10.1. The van der Waals surface area contributed by atoms with Crippen LogP contribution in [0.2, 0.25) is 0 Å². The number of alkyl halides is 2. The van der Waals surface area contributed by atoms with Crippen molar-refractivity contribution in [3.8, 4) is 0 Å². The molecule has 0 aliphatic carbocycles. The highest BCUT2D eigenvalue weighted by Gasteiger charge is 2.23. The predicted octanol–water partition coefficient (Wildman–Crippen LogP) is 4.86. The summed E-state index contributed by atoms with van der Waals surface area (Å²) < 4.78 is 3.88. The van der Waals surface area contributed by atoms with E-state index in [-0.39, 0.29) is 5.97 Å². The third kappa shape index (κ3) is 10.9. The van der Waals surface area contributed by atoms with Gasteiger partial charge >= 0.3 is 5.97 Å². The molecule has 0 aliphatic heterocycles. The van der Waals surface area contributed by atoms with E-state index in [1.165, 1.54) is 32.8 Å². The Balaban J connectivity index is 3.54. The van der Waals surface area contributed by atoms with Crippen LogP contribution in [-0.4, -0.2) is 17.4 Å². The van der Waals surface area contributed by atoms with E-state index in [0.717, 1.165) is 12.8 Å². The standard InChI is InChI=1S/C13H24Cl2O2/c1-3-4-5-6-7-10-13(14,15)11-8-9-12(16)17-2/h3-11H2,1-2H3. The number of carbonyl (C=O) groups excluding carboxylic acids is 1. The number of esters is 1. The number of methoxy groups -OCH3 is 1. The van der Waals surface area contributed by atoms with Crippen LogP contribution in [0.5, 0.6) is 0 Å². The number of hydrogen-bond donors (Lipinski definition) is 0. The van der Waals surface area contributed by atoms with E-state index in [0.29, 0.717) is 19.3 Å².